The fourth-order valence-electron chi connectivity index (χ4n) is 2.11. The van der Waals surface area contributed by atoms with E-state index in [1.165, 1.54) is 17.5 Å². The molecule has 1 N–H and O–H groups in total. The zero-order valence-corrected chi connectivity index (χ0v) is 14.5. The first kappa shape index (κ1) is 17.7. The van der Waals surface area contributed by atoms with Gasteiger partial charge in [0, 0.05) is 30.2 Å². The standard InChI is InChI=1S/C12H17BrN2O3S.ClH/c1-15(9-5-6-14-8-9)19(16,17)12-7-10(18-2)3-4-11(12)13;/h3-4,7,9,14H,5-6,8H2,1-2H3;1H. The van der Waals surface area contributed by atoms with Gasteiger partial charge >= 0.3 is 0 Å². The molecule has 0 radical (unpaired) electrons. The Morgan fingerprint density at radius 2 is 2.15 bits per heavy atom. The van der Waals surface area contributed by atoms with Crippen LogP contribution in [0.5, 0.6) is 5.75 Å². The topological polar surface area (TPSA) is 58.6 Å². The first-order valence-corrected chi connectivity index (χ1v) is 8.22. The SMILES string of the molecule is COc1ccc(Br)c(S(=O)(=O)N(C)C2CCNC2)c1.Cl. The van der Waals surface area contributed by atoms with Crippen LogP contribution in [0, 0.1) is 0 Å². The monoisotopic (exact) mass is 384 g/mol. The van der Waals surface area contributed by atoms with Crippen molar-refractivity contribution in [2.45, 2.75) is 17.4 Å². The van der Waals surface area contributed by atoms with Gasteiger partial charge in [-0.1, -0.05) is 0 Å². The summed E-state index contributed by atoms with van der Waals surface area (Å²) in [5.41, 5.74) is 0. The van der Waals surface area contributed by atoms with Crippen molar-refractivity contribution in [2.75, 3.05) is 27.2 Å². The summed E-state index contributed by atoms with van der Waals surface area (Å²) in [4.78, 5) is 0.237. The average Bonchev–Trinajstić information content (AvgIpc) is 2.92. The first-order chi connectivity index (χ1) is 8.96. The molecule has 1 aliphatic heterocycles. The third kappa shape index (κ3) is 3.46. The summed E-state index contributed by atoms with van der Waals surface area (Å²) in [7, 11) is -0.377. The number of benzene rings is 1. The molecule has 5 nitrogen and oxygen atoms in total. The molecule has 1 saturated heterocycles. The molecule has 0 spiro atoms. The van der Waals surface area contributed by atoms with Gasteiger partial charge in [0.2, 0.25) is 10.0 Å². The van der Waals surface area contributed by atoms with Crippen molar-refractivity contribution in [2.24, 2.45) is 0 Å². The molecule has 8 heteroatoms. The highest BCUT2D eigenvalue weighted by Gasteiger charge is 2.31. The Morgan fingerprint density at radius 1 is 1.45 bits per heavy atom. The van der Waals surface area contributed by atoms with Crippen molar-refractivity contribution < 1.29 is 13.2 Å². The fraction of sp³-hybridized carbons (Fsp3) is 0.500. The van der Waals surface area contributed by atoms with Crippen LogP contribution in [-0.2, 0) is 10.0 Å². The average molecular weight is 386 g/mol. The van der Waals surface area contributed by atoms with Gasteiger partial charge in [0.1, 0.15) is 10.6 Å². The van der Waals surface area contributed by atoms with Crippen LogP contribution >= 0.6 is 28.3 Å². The van der Waals surface area contributed by atoms with Crippen molar-refractivity contribution in [1.29, 1.82) is 0 Å². The fourth-order valence-corrected chi connectivity index (χ4v) is 4.43. The highest BCUT2D eigenvalue weighted by atomic mass is 79.9. The van der Waals surface area contributed by atoms with E-state index in [2.05, 4.69) is 21.2 Å². The molecule has 1 fully saturated rings. The number of nitrogens with one attached hydrogen (secondary N) is 1. The van der Waals surface area contributed by atoms with Crippen LogP contribution in [0.4, 0.5) is 0 Å². The van der Waals surface area contributed by atoms with Crippen molar-refractivity contribution in [3.63, 3.8) is 0 Å². The van der Waals surface area contributed by atoms with E-state index in [1.54, 1.807) is 19.2 Å². The molecule has 2 rings (SSSR count). The van der Waals surface area contributed by atoms with Gasteiger partial charge in [0.15, 0.2) is 0 Å². The van der Waals surface area contributed by atoms with Crippen LogP contribution in [0.25, 0.3) is 0 Å². The Hall–Kier alpha value is -0.340. The predicted octanol–water partition coefficient (Wildman–Crippen LogP) is 1.86. The van der Waals surface area contributed by atoms with Crippen LogP contribution in [0.15, 0.2) is 27.6 Å². The Bertz CT molecular complexity index is 562. The van der Waals surface area contributed by atoms with Crippen LogP contribution in [0.2, 0.25) is 0 Å². The lowest BCUT2D eigenvalue weighted by molar-refractivity contribution is 0.386. The number of methoxy groups -OCH3 is 1. The highest BCUT2D eigenvalue weighted by molar-refractivity contribution is 9.10. The number of sulfonamides is 1. The largest absolute Gasteiger partial charge is 0.497 e. The van der Waals surface area contributed by atoms with Crippen LogP contribution in [-0.4, -0.2) is 46.0 Å². The summed E-state index contributed by atoms with van der Waals surface area (Å²) in [5.74, 6) is 0.528. The Balaban J connectivity index is 0.00000200. The number of rotatable bonds is 4. The summed E-state index contributed by atoms with van der Waals surface area (Å²) in [6.45, 7) is 1.54. The van der Waals surface area contributed by atoms with Crippen molar-refractivity contribution in [1.82, 2.24) is 9.62 Å². The summed E-state index contributed by atoms with van der Waals surface area (Å²) < 4.78 is 32.3. The van der Waals surface area contributed by atoms with Gasteiger partial charge in [0.05, 0.1) is 7.11 Å². The normalized spacial score (nSPS) is 18.9. The van der Waals surface area contributed by atoms with Gasteiger partial charge in [-0.3, -0.25) is 0 Å². The molecule has 0 aromatic heterocycles. The second kappa shape index (κ2) is 7.09. The number of hydrogen-bond acceptors (Lipinski definition) is 4. The van der Waals surface area contributed by atoms with Gasteiger partial charge in [-0.25, -0.2) is 8.42 Å². The minimum absolute atomic E-state index is 0. The molecule has 1 atom stereocenters. The molecule has 114 valence electrons. The van der Waals surface area contributed by atoms with E-state index < -0.39 is 10.0 Å². The van der Waals surface area contributed by atoms with Gasteiger partial charge in [-0.2, -0.15) is 4.31 Å². The molecule has 0 saturated carbocycles. The second-order valence-electron chi connectivity index (χ2n) is 4.46. The molecule has 1 aromatic carbocycles. The van der Waals surface area contributed by atoms with Gasteiger partial charge in [-0.15, -0.1) is 12.4 Å². The van der Waals surface area contributed by atoms with E-state index in [0.29, 0.717) is 16.8 Å². The number of nitrogens with zero attached hydrogens (tertiary/aromatic N) is 1. The number of likely N-dealkylation sites (N-methyl/N-ethyl adjacent to an activating group) is 1. The van der Waals surface area contributed by atoms with Gasteiger partial charge in [-0.05, 0) is 41.0 Å². The van der Waals surface area contributed by atoms with Gasteiger partial charge < -0.3 is 10.1 Å². The van der Waals surface area contributed by atoms with E-state index in [9.17, 15) is 8.42 Å². The molecule has 0 aliphatic carbocycles. The molecule has 0 amide bonds. The lowest BCUT2D eigenvalue weighted by atomic mass is 10.3. The third-order valence-corrected chi connectivity index (χ3v) is 6.25. The Morgan fingerprint density at radius 3 is 2.70 bits per heavy atom. The highest BCUT2D eigenvalue weighted by Crippen LogP contribution is 2.29. The molecule has 0 bridgehead atoms. The van der Waals surface area contributed by atoms with E-state index in [0.717, 1.165) is 13.0 Å². The Kier molecular flexibility index (Phi) is 6.27. The first-order valence-electron chi connectivity index (χ1n) is 5.99. The summed E-state index contributed by atoms with van der Waals surface area (Å²) in [5, 5.41) is 3.17. The minimum atomic E-state index is -3.52. The van der Waals surface area contributed by atoms with Crippen LogP contribution < -0.4 is 10.1 Å². The number of halogens is 2. The molecule has 1 aromatic rings. The zero-order valence-electron chi connectivity index (χ0n) is 11.3. The molecular formula is C12H18BrClN2O3S. The second-order valence-corrected chi connectivity index (χ2v) is 7.28. The smallest absolute Gasteiger partial charge is 0.244 e. The summed E-state index contributed by atoms with van der Waals surface area (Å²) in [6, 6.07) is 4.95. The third-order valence-electron chi connectivity index (χ3n) is 3.34. The lowest BCUT2D eigenvalue weighted by Crippen LogP contribution is -2.38. The predicted molar refractivity (Wildman–Crippen MR) is 84.2 cm³/mol. The maximum atomic E-state index is 12.6. The Labute approximate surface area is 134 Å². The van der Waals surface area contributed by atoms with Crippen molar-refractivity contribution >= 4 is 38.4 Å². The van der Waals surface area contributed by atoms with Crippen LogP contribution in [0.1, 0.15) is 6.42 Å². The maximum absolute atomic E-state index is 12.6. The van der Waals surface area contributed by atoms with Crippen molar-refractivity contribution in [3.05, 3.63) is 22.7 Å². The molecule has 1 heterocycles. The molecule has 1 aliphatic rings. The number of ether oxygens (including phenoxy) is 1. The molecule has 1 unspecified atom stereocenters. The van der Waals surface area contributed by atoms with Crippen molar-refractivity contribution in [3.8, 4) is 5.75 Å². The van der Waals surface area contributed by atoms with E-state index in [1.807, 2.05) is 0 Å². The summed E-state index contributed by atoms with van der Waals surface area (Å²) >= 11 is 3.30. The van der Waals surface area contributed by atoms with E-state index >= 15 is 0 Å². The summed E-state index contributed by atoms with van der Waals surface area (Å²) in [6.07, 6.45) is 0.831. The van der Waals surface area contributed by atoms with Gasteiger partial charge in [0.25, 0.3) is 0 Å². The quantitative estimate of drug-likeness (QED) is 0.859. The van der Waals surface area contributed by atoms with E-state index in [-0.39, 0.29) is 23.3 Å². The lowest BCUT2D eigenvalue weighted by Gasteiger charge is -2.23. The molecule has 20 heavy (non-hydrogen) atoms. The molecular weight excluding hydrogens is 368 g/mol. The zero-order chi connectivity index (χ0) is 14.0. The number of hydrogen-bond donors (Lipinski definition) is 1. The minimum Gasteiger partial charge on any atom is -0.497 e. The maximum Gasteiger partial charge on any atom is 0.244 e. The van der Waals surface area contributed by atoms with Crippen LogP contribution in [0.3, 0.4) is 0 Å². The van der Waals surface area contributed by atoms with E-state index in [4.69, 9.17) is 4.74 Å².